The van der Waals surface area contributed by atoms with Gasteiger partial charge in [-0.05, 0) is 81.6 Å². The smallest absolute Gasteiger partial charge is 0.160 e. The zero-order valence-electron chi connectivity index (χ0n) is 29.0. The molecular weight excluding hydrogens is 677 g/mol. The van der Waals surface area contributed by atoms with Crippen LogP contribution in [0.15, 0.2) is 186 Å². The van der Waals surface area contributed by atoms with Crippen LogP contribution >= 0.6 is 11.3 Å². The van der Waals surface area contributed by atoms with E-state index in [1.54, 1.807) is 0 Å². The molecule has 3 nitrogen and oxygen atoms in total. The van der Waals surface area contributed by atoms with E-state index in [-0.39, 0.29) is 0 Å². The van der Waals surface area contributed by atoms with E-state index in [0.29, 0.717) is 5.82 Å². The first kappa shape index (κ1) is 30.7. The molecule has 0 radical (unpaired) electrons. The maximum atomic E-state index is 6.33. The molecule has 252 valence electrons. The molecule has 0 aliphatic carbocycles. The summed E-state index contributed by atoms with van der Waals surface area (Å²) in [6.07, 6.45) is 0. The molecule has 11 aromatic rings. The van der Waals surface area contributed by atoms with Crippen molar-refractivity contribution in [3.05, 3.63) is 182 Å². The Morgan fingerprint density at radius 2 is 1.04 bits per heavy atom. The lowest BCUT2D eigenvalue weighted by atomic mass is 9.96. The van der Waals surface area contributed by atoms with Crippen molar-refractivity contribution in [3.63, 3.8) is 0 Å². The van der Waals surface area contributed by atoms with Crippen LogP contribution in [0.2, 0.25) is 0 Å². The number of rotatable bonds is 5. The van der Waals surface area contributed by atoms with E-state index in [1.165, 1.54) is 47.8 Å². The molecule has 0 unspecified atom stereocenters. The van der Waals surface area contributed by atoms with Gasteiger partial charge in [0, 0.05) is 47.6 Å². The summed E-state index contributed by atoms with van der Waals surface area (Å²) in [5.74, 6) is 0.684. The molecule has 3 aromatic heterocycles. The number of fused-ring (bicyclic) bond motifs is 7. The third kappa shape index (κ3) is 5.11. The second-order valence-corrected chi connectivity index (χ2v) is 14.8. The molecule has 0 bridgehead atoms. The van der Waals surface area contributed by atoms with Crippen molar-refractivity contribution in [1.82, 2.24) is 9.97 Å². The van der Waals surface area contributed by atoms with Gasteiger partial charge in [-0.15, -0.1) is 11.3 Å². The summed E-state index contributed by atoms with van der Waals surface area (Å²) >= 11 is 1.82. The number of hydrogen-bond acceptors (Lipinski definition) is 4. The molecule has 11 rings (SSSR count). The summed E-state index contributed by atoms with van der Waals surface area (Å²) in [5, 5.41) is 7.01. The molecule has 0 saturated carbocycles. The minimum absolute atomic E-state index is 0.684. The minimum Gasteiger partial charge on any atom is -0.456 e. The SMILES string of the molecule is c1ccc(-c2ccc3cc(-c4cc(-c5cccc6oc7ccccc7c56)nc(-c5cc(-c6ccccc6)c6c(c5)sc5ccccc56)n4)ccc3c2)cc1. The van der Waals surface area contributed by atoms with Crippen LogP contribution < -0.4 is 0 Å². The second kappa shape index (κ2) is 12.4. The lowest BCUT2D eigenvalue weighted by Gasteiger charge is -2.13. The molecule has 4 heteroatoms. The molecular formula is C50H30N2OS. The Bertz CT molecular complexity index is 3220. The minimum atomic E-state index is 0.684. The van der Waals surface area contributed by atoms with Gasteiger partial charge in [0.15, 0.2) is 5.82 Å². The Hall–Kier alpha value is -6.88. The van der Waals surface area contributed by atoms with E-state index in [4.69, 9.17) is 14.4 Å². The van der Waals surface area contributed by atoms with Gasteiger partial charge in [-0.1, -0.05) is 133 Å². The largest absolute Gasteiger partial charge is 0.456 e. The summed E-state index contributed by atoms with van der Waals surface area (Å²) in [5.41, 5.74) is 11.2. The Labute approximate surface area is 315 Å². The highest BCUT2D eigenvalue weighted by atomic mass is 32.1. The highest BCUT2D eigenvalue weighted by Crippen LogP contribution is 2.43. The first-order valence-corrected chi connectivity index (χ1v) is 19.0. The molecule has 54 heavy (non-hydrogen) atoms. The number of benzene rings is 8. The van der Waals surface area contributed by atoms with Crippen LogP contribution in [0.5, 0.6) is 0 Å². The van der Waals surface area contributed by atoms with E-state index >= 15 is 0 Å². The summed E-state index contributed by atoms with van der Waals surface area (Å²) in [6.45, 7) is 0. The van der Waals surface area contributed by atoms with E-state index in [1.807, 2.05) is 29.5 Å². The average molecular weight is 707 g/mol. The van der Waals surface area contributed by atoms with Gasteiger partial charge in [0.05, 0.1) is 11.4 Å². The molecule has 0 saturated heterocycles. The fourth-order valence-corrected chi connectivity index (χ4v) is 9.07. The van der Waals surface area contributed by atoms with Crippen LogP contribution in [0, 0.1) is 0 Å². The predicted molar refractivity (Wildman–Crippen MR) is 227 cm³/mol. The Morgan fingerprint density at radius 3 is 1.87 bits per heavy atom. The maximum absolute atomic E-state index is 6.33. The number of aromatic nitrogens is 2. The Balaban J connectivity index is 1.15. The van der Waals surface area contributed by atoms with Gasteiger partial charge in [-0.3, -0.25) is 0 Å². The predicted octanol–water partition coefficient (Wildman–Crippen LogP) is 14.2. The number of thiophene rings is 1. The first-order valence-electron chi connectivity index (χ1n) is 18.1. The van der Waals surface area contributed by atoms with Crippen molar-refractivity contribution < 1.29 is 4.42 Å². The zero-order chi connectivity index (χ0) is 35.6. The van der Waals surface area contributed by atoms with Gasteiger partial charge >= 0.3 is 0 Å². The van der Waals surface area contributed by atoms with Crippen molar-refractivity contribution in [3.8, 4) is 56.2 Å². The van der Waals surface area contributed by atoms with Gasteiger partial charge in [-0.2, -0.15) is 0 Å². The van der Waals surface area contributed by atoms with E-state index in [0.717, 1.165) is 55.4 Å². The Kier molecular flexibility index (Phi) is 7.04. The number of nitrogens with zero attached hydrogens (tertiary/aromatic N) is 2. The first-order chi connectivity index (χ1) is 26.7. The summed E-state index contributed by atoms with van der Waals surface area (Å²) in [4.78, 5) is 10.8. The van der Waals surface area contributed by atoms with Crippen molar-refractivity contribution >= 4 is 64.2 Å². The van der Waals surface area contributed by atoms with Crippen molar-refractivity contribution in [2.75, 3.05) is 0 Å². The summed E-state index contributed by atoms with van der Waals surface area (Å²) < 4.78 is 8.81. The molecule has 0 aliphatic heterocycles. The molecule has 3 heterocycles. The lowest BCUT2D eigenvalue weighted by Crippen LogP contribution is -1.97. The molecule has 0 N–H and O–H groups in total. The van der Waals surface area contributed by atoms with Gasteiger partial charge in [0.2, 0.25) is 0 Å². The van der Waals surface area contributed by atoms with Crippen LogP contribution in [0.1, 0.15) is 0 Å². The van der Waals surface area contributed by atoms with Crippen molar-refractivity contribution in [2.45, 2.75) is 0 Å². The monoisotopic (exact) mass is 706 g/mol. The van der Waals surface area contributed by atoms with Crippen LogP contribution in [0.25, 0.3) is 109 Å². The highest BCUT2D eigenvalue weighted by molar-refractivity contribution is 7.26. The van der Waals surface area contributed by atoms with Gasteiger partial charge in [0.1, 0.15) is 11.2 Å². The maximum Gasteiger partial charge on any atom is 0.160 e. The van der Waals surface area contributed by atoms with Crippen molar-refractivity contribution in [2.24, 2.45) is 0 Å². The molecule has 0 spiro atoms. The topological polar surface area (TPSA) is 38.9 Å². The quantitative estimate of drug-likeness (QED) is 0.179. The summed E-state index contributed by atoms with van der Waals surface area (Å²) in [7, 11) is 0. The third-order valence-electron chi connectivity index (χ3n) is 10.5. The normalized spacial score (nSPS) is 11.7. The number of para-hydroxylation sites is 1. The van der Waals surface area contributed by atoms with Crippen LogP contribution in [-0.4, -0.2) is 9.97 Å². The molecule has 0 amide bonds. The molecule has 0 fully saturated rings. The molecule has 0 atom stereocenters. The standard InChI is InChI=1S/C50H30N2OS/c1-3-12-31(13-4-1)33-22-23-35-27-36(25-24-34(35)26-33)42-30-43(38-18-11-20-45-48(38)39-16-7-9-19-44(39)53-45)52-50(51-42)37-28-41(32-14-5-2-6-15-32)49-40-17-8-10-21-46(40)54-47(49)29-37/h1-30H. The average Bonchev–Trinajstić information content (AvgIpc) is 3.82. The van der Waals surface area contributed by atoms with Crippen molar-refractivity contribution in [1.29, 1.82) is 0 Å². The summed E-state index contributed by atoms with van der Waals surface area (Å²) in [6, 6.07) is 64.4. The fraction of sp³-hybridized carbons (Fsp3) is 0. The van der Waals surface area contributed by atoms with Gasteiger partial charge in [0.25, 0.3) is 0 Å². The van der Waals surface area contributed by atoms with E-state index in [2.05, 4.69) is 164 Å². The van der Waals surface area contributed by atoms with Gasteiger partial charge < -0.3 is 4.42 Å². The van der Waals surface area contributed by atoms with Gasteiger partial charge in [-0.25, -0.2) is 9.97 Å². The van der Waals surface area contributed by atoms with E-state index < -0.39 is 0 Å². The van der Waals surface area contributed by atoms with E-state index in [9.17, 15) is 0 Å². The third-order valence-corrected chi connectivity index (χ3v) is 11.6. The lowest BCUT2D eigenvalue weighted by molar-refractivity contribution is 0.669. The van der Waals surface area contributed by atoms with Crippen LogP contribution in [-0.2, 0) is 0 Å². The highest BCUT2D eigenvalue weighted by Gasteiger charge is 2.19. The number of furan rings is 1. The number of hydrogen-bond donors (Lipinski definition) is 0. The molecule has 0 aliphatic rings. The second-order valence-electron chi connectivity index (χ2n) is 13.7. The Morgan fingerprint density at radius 1 is 0.370 bits per heavy atom. The van der Waals surface area contributed by atoms with Crippen LogP contribution in [0.3, 0.4) is 0 Å². The van der Waals surface area contributed by atoms with Crippen LogP contribution in [0.4, 0.5) is 0 Å². The zero-order valence-corrected chi connectivity index (χ0v) is 29.8. The fourth-order valence-electron chi connectivity index (χ4n) is 7.89. The molecule has 8 aromatic carbocycles.